The highest BCUT2D eigenvalue weighted by Crippen LogP contribution is 2.30. The third kappa shape index (κ3) is 4.69. The van der Waals surface area contributed by atoms with Crippen molar-refractivity contribution in [2.45, 2.75) is 19.3 Å². The van der Waals surface area contributed by atoms with Crippen LogP contribution in [0.15, 0.2) is 60.9 Å². The number of nitrogens with zero attached hydrogens (tertiary/aromatic N) is 3. The van der Waals surface area contributed by atoms with E-state index in [2.05, 4.69) is 16.5 Å². The minimum atomic E-state index is -4.33. The fraction of sp³-hybridized carbons (Fsp3) is 0.217. The van der Waals surface area contributed by atoms with Crippen molar-refractivity contribution in [3.63, 3.8) is 0 Å². The van der Waals surface area contributed by atoms with Crippen molar-refractivity contribution in [1.29, 1.82) is 0 Å². The Labute approximate surface area is 177 Å². The molecule has 0 aliphatic carbocycles. The molecule has 31 heavy (non-hydrogen) atoms. The van der Waals surface area contributed by atoms with Crippen molar-refractivity contribution in [1.82, 2.24) is 20.1 Å². The van der Waals surface area contributed by atoms with Crippen LogP contribution in [0.3, 0.4) is 0 Å². The summed E-state index contributed by atoms with van der Waals surface area (Å²) in [4.78, 5) is 4.83. The minimum Gasteiger partial charge on any atom is -0.497 e. The molecule has 0 bridgehead atoms. The second-order valence-corrected chi connectivity index (χ2v) is 7.26. The molecule has 2 aromatic carbocycles. The maximum absolute atomic E-state index is 12.7. The lowest BCUT2D eigenvalue weighted by Gasteiger charge is -2.12. The summed E-state index contributed by atoms with van der Waals surface area (Å²) in [6, 6.07) is 13.0. The maximum Gasteiger partial charge on any atom is 0.416 e. The molecule has 0 unspecified atom stereocenters. The lowest BCUT2D eigenvalue weighted by atomic mass is 10.0. The highest BCUT2D eigenvalue weighted by molar-refractivity contribution is 5.84. The largest absolute Gasteiger partial charge is 0.497 e. The van der Waals surface area contributed by atoms with Gasteiger partial charge in [-0.3, -0.25) is 4.68 Å². The number of rotatable bonds is 6. The van der Waals surface area contributed by atoms with Crippen LogP contribution in [0.25, 0.3) is 22.2 Å². The smallest absolute Gasteiger partial charge is 0.416 e. The number of halogens is 3. The van der Waals surface area contributed by atoms with Crippen molar-refractivity contribution in [2.75, 3.05) is 7.11 Å². The van der Waals surface area contributed by atoms with Gasteiger partial charge in [0.25, 0.3) is 0 Å². The average Bonchev–Trinajstić information content (AvgIpc) is 3.18. The molecule has 160 valence electrons. The van der Waals surface area contributed by atoms with E-state index in [9.17, 15) is 13.2 Å². The Bertz CT molecular complexity index is 1200. The molecule has 2 heterocycles. The molecule has 0 aliphatic rings. The summed E-state index contributed by atoms with van der Waals surface area (Å²) in [5.74, 6) is 0.727. The summed E-state index contributed by atoms with van der Waals surface area (Å²) in [5.41, 5.74) is 3.59. The monoisotopic (exact) mass is 426 g/mol. The van der Waals surface area contributed by atoms with Crippen LogP contribution in [0.4, 0.5) is 13.2 Å². The number of hydrogen-bond donors (Lipinski definition) is 1. The zero-order valence-electron chi connectivity index (χ0n) is 17.1. The molecule has 0 radical (unpaired) electrons. The fourth-order valence-electron chi connectivity index (χ4n) is 3.40. The molecule has 0 aliphatic heterocycles. The molecule has 1 N–H and O–H groups in total. The number of nitrogens with one attached hydrogen (secondary N) is 1. The van der Waals surface area contributed by atoms with Gasteiger partial charge in [-0.1, -0.05) is 12.1 Å². The number of methoxy groups -OCH3 is 1. The van der Waals surface area contributed by atoms with Gasteiger partial charge in [0.2, 0.25) is 0 Å². The summed E-state index contributed by atoms with van der Waals surface area (Å²) >= 11 is 0. The lowest BCUT2D eigenvalue weighted by molar-refractivity contribution is -0.137. The Hall–Kier alpha value is -3.39. The van der Waals surface area contributed by atoms with Crippen molar-refractivity contribution in [2.24, 2.45) is 7.05 Å². The van der Waals surface area contributed by atoms with Crippen LogP contribution >= 0.6 is 0 Å². The standard InChI is InChI=1S/C23H21F3N4O/c1-30-14-18(13-28-30)22-17(9-16-5-8-20(31-2)10-21(16)29-22)12-27-11-15-3-6-19(7-4-15)23(24,25)26/h3-10,13-14,27H,11-12H2,1-2H3. The van der Waals surface area contributed by atoms with E-state index < -0.39 is 11.7 Å². The van der Waals surface area contributed by atoms with E-state index in [0.717, 1.165) is 51.2 Å². The zero-order valence-corrected chi connectivity index (χ0v) is 17.1. The van der Waals surface area contributed by atoms with Crippen molar-refractivity contribution in [3.05, 3.63) is 77.6 Å². The van der Waals surface area contributed by atoms with E-state index >= 15 is 0 Å². The number of hydrogen-bond acceptors (Lipinski definition) is 4. The zero-order chi connectivity index (χ0) is 22.0. The molecular formula is C23H21F3N4O. The first-order valence-corrected chi connectivity index (χ1v) is 9.67. The first-order valence-electron chi connectivity index (χ1n) is 9.67. The summed E-state index contributed by atoms with van der Waals surface area (Å²) in [6.45, 7) is 0.936. The van der Waals surface area contributed by atoms with Gasteiger partial charge in [-0.2, -0.15) is 18.3 Å². The van der Waals surface area contributed by atoms with Crippen LogP contribution in [0.1, 0.15) is 16.7 Å². The molecule has 4 aromatic rings. The molecule has 0 fully saturated rings. The average molecular weight is 426 g/mol. The van der Waals surface area contributed by atoms with Crippen LogP contribution in [-0.2, 0) is 26.3 Å². The Balaban J connectivity index is 1.58. The number of aromatic nitrogens is 3. The van der Waals surface area contributed by atoms with Crippen molar-refractivity contribution in [3.8, 4) is 17.0 Å². The van der Waals surface area contributed by atoms with Crippen LogP contribution in [0, 0.1) is 0 Å². The first-order chi connectivity index (χ1) is 14.8. The number of benzene rings is 2. The quantitative estimate of drug-likeness (QED) is 0.474. The van der Waals surface area contributed by atoms with Crippen molar-refractivity contribution < 1.29 is 17.9 Å². The normalized spacial score (nSPS) is 11.8. The second-order valence-electron chi connectivity index (χ2n) is 7.26. The third-order valence-electron chi connectivity index (χ3n) is 5.01. The summed E-state index contributed by atoms with van der Waals surface area (Å²) < 4.78 is 45.2. The Kier molecular flexibility index (Phi) is 5.65. The summed E-state index contributed by atoms with van der Waals surface area (Å²) in [7, 11) is 3.46. The van der Waals surface area contributed by atoms with E-state index in [-0.39, 0.29) is 0 Å². The number of aryl methyl sites for hydroxylation is 1. The fourth-order valence-corrected chi connectivity index (χ4v) is 3.40. The number of ether oxygens (including phenoxy) is 1. The van der Waals surface area contributed by atoms with Gasteiger partial charge < -0.3 is 10.1 Å². The molecule has 4 rings (SSSR count). The topological polar surface area (TPSA) is 52.0 Å². The second kappa shape index (κ2) is 8.39. The molecule has 0 amide bonds. The van der Waals surface area contributed by atoms with Gasteiger partial charge in [-0.15, -0.1) is 0 Å². The van der Waals surface area contributed by atoms with Crippen LogP contribution in [0.2, 0.25) is 0 Å². The van der Waals surface area contributed by atoms with E-state index in [1.165, 1.54) is 12.1 Å². The molecule has 2 aromatic heterocycles. The highest BCUT2D eigenvalue weighted by Gasteiger charge is 2.29. The molecule has 0 atom stereocenters. The van der Waals surface area contributed by atoms with E-state index in [1.54, 1.807) is 18.0 Å². The maximum atomic E-state index is 12.7. The van der Waals surface area contributed by atoms with Crippen LogP contribution in [-0.4, -0.2) is 21.9 Å². The summed E-state index contributed by atoms with van der Waals surface area (Å²) in [5, 5.41) is 8.52. The minimum absolute atomic E-state index is 0.436. The lowest BCUT2D eigenvalue weighted by Crippen LogP contribution is -2.14. The molecule has 0 spiro atoms. The van der Waals surface area contributed by atoms with Crippen molar-refractivity contribution >= 4 is 10.9 Å². The molecule has 0 saturated heterocycles. The van der Waals surface area contributed by atoms with E-state index in [1.807, 2.05) is 31.4 Å². The van der Waals surface area contributed by atoms with Gasteiger partial charge in [0.05, 0.1) is 30.1 Å². The van der Waals surface area contributed by atoms with Gasteiger partial charge in [0, 0.05) is 43.4 Å². The van der Waals surface area contributed by atoms with Gasteiger partial charge in [-0.05, 0) is 41.5 Å². The molecular weight excluding hydrogens is 405 g/mol. The Morgan fingerprint density at radius 3 is 2.45 bits per heavy atom. The van der Waals surface area contributed by atoms with Crippen LogP contribution < -0.4 is 10.1 Å². The van der Waals surface area contributed by atoms with Gasteiger partial charge in [0.1, 0.15) is 5.75 Å². The molecule has 8 heteroatoms. The highest BCUT2D eigenvalue weighted by atomic mass is 19.4. The van der Waals surface area contributed by atoms with Gasteiger partial charge in [0.15, 0.2) is 0 Å². The predicted molar refractivity (Wildman–Crippen MR) is 112 cm³/mol. The third-order valence-corrected chi connectivity index (χ3v) is 5.01. The predicted octanol–water partition coefficient (Wildman–Crippen LogP) is 4.95. The molecule has 5 nitrogen and oxygen atoms in total. The number of pyridine rings is 1. The summed E-state index contributed by atoms with van der Waals surface area (Å²) in [6.07, 6.45) is -0.675. The van der Waals surface area contributed by atoms with Gasteiger partial charge in [-0.25, -0.2) is 4.98 Å². The first kappa shape index (κ1) is 20.9. The van der Waals surface area contributed by atoms with E-state index in [4.69, 9.17) is 9.72 Å². The van der Waals surface area contributed by atoms with E-state index in [0.29, 0.717) is 13.1 Å². The number of fused-ring (bicyclic) bond motifs is 1. The van der Waals surface area contributed by atoms with Gasteiger partial charge >= 0.3 is 6.18 Å². The Morgan fingerprint density at radius 2 is 1.81 bits per heavy atom. The Morgan fingerprint density at radius 1 is 1.03 bits per heavy atom. The molecule has 0 saturated carbocycles. The number of alkyl halides is 3. The van der Waals surface area contributed by atoms with Crippen LogP contribution in [0.5, 0.6) is 5.75 Å². The SMILES string of the molecule is COc1ccc2cc(CNCc3ccc(C(F)(F)F)cc3)c(-c3cnn(C)c3)nc2c1.